The summed E-state index contributed by atoms with van der Waals surface area (Å²) in [5, 5.41) is 0.489. The standard InChI is InChI=1S/C12H17BrClNO2S/c1-12(2,3)6-7-15-18(16,17)9-4-5-11(14)10(13)8-9/h4-5,8,15H,6-7H2,1-3H3. The van der Waals surface area contributed by atoms with Gasteiger partial charge >= 0.3 is 0 Å². The molecule has 1 rings (SSSR count). The highest BCUT2D eigenvalue weighted by molar-refractivity contribution is 9.10. The van der Waals surface area contributed by atoms with Crippen LogP contribution in [0.15, 0.2) is 27.6 Å². The van der Waals surface area contributed by atoms with Gasteiger partial charge in [-0.3, -0.25) is 0 Å². The molecule has 1 aromatic carbocycles. The van der Waals surface area contributed by atoms with Crippen molar-refractivity contribution in [1.82, 2.24) is 4.72 Å². The van der Waals surface area contributed by atoms with Crippen LogP contribution in [0.4, 0.5) is 0 Å². The van der Waals surface area contributed by atoms with Crippen molar-refractivity contribution in [2.45, 2.75) is 32.1 Å². The summed E-state index contributed by atoms with van der Waals surface area (Å²) in [5.74, 6) is 0. The van der Waals surface area contributed by atoms with Gasteiger partial charge in [-0.05, 0) is 46.0 Å². The molecule has 0 saturated heterocycles. The number of benzene rings is 1. The molecule has 1 aromatic rings. The van der Waals surface area contributed by atoms with E-state index >= 15 is 0 Å². The fourth-order valence-electron chi connectivity index (χ4n) is 1.29. The first-order valence-corrected chi connectivity index (χ1v) is 8.22. The maximum absolute atomic E-state index is 12.0. The summed E-state index contributed by atoms with van der Waals surface area (Å²) in [7, 11) is -3.46. The SMILES string of the molecule is CC(C)(C)CCNS(=O)(=O)c1ccc(Cl)c(Br)c1. The van der Waals surface area contributed by atoms with Gasteiger partial charge < -0.3 is 0 Å². The largest absolute Gasteiger partial charge is 0.240 e. The molecular formula is C12H17BrClNO2S. The highest BCUT2D eigenvalue weighted by atomic mass is 79.9. The summed E-state index contributed by atoms with van der Waals surface area (Å²) in [6, 6.07) is 4.55. The molecule has 3 nitrogen and oxygen atoms in total. The van der Waals surface area contributed by atoms with Crippen molar-refractivity contribution in [3.8, 4) is 0 Å². The monoisotopic (exact) mass is 353 g/mol. The zero-order valence-electron chi connectivity index (χ0n) is 10.6. The van der Waals surface area contributed by atoms with Gasteiger partial charge in [-0.1, -0.05) is 32.4 Å². The average Bonchev–Trinajstić information content (AvgIpc) is 2.19. The van der Waals surface area contributed by atoms with E-state index in [-0.39, 0.29) is 10.3 Å². The lowest BCUT2D eigenvalue weighted by atomic mass is 9.93. The third-order valence-corrected chi connectivity index (χ3v) is 5.04. The van der Waals surface area contributed by atoms with Gasteiger partial charge in [-0.2, -0.15) is 0 Å². The number of halogens is 2. The summed E-state index contributed by atoms with van der Waals surface area (Å²) >= 11 is 9.05. The highest BCUT2D eigenvalue weighted by Crippen LogP contribution is 2.25. The molecule has 0 aromatic heterocycles. The van der Waals surface area contributed by atoms with E-state index in [1.54, 1.807) is 6.07 Å². The molecule has 0 bridgehead atoms. The first kappa shape index (κ1) is 16.0. The zero-order chi connectivity index (χ0) is 14.0. The van der Waals surface area contributed by atoms with Crippen LogP contribution >= 0.6 is 27.5 Å². The van der Waals surface area contributed by atoms with Gasteiger partial charge in [-0.25, -0.2) is 13.1 Å². The van der Waals surface area contributed by atoms with Crippen molar-refractivity contribution >= 4 is 37.6 Å². The molecule has 6 heteroatoms. The van der Waals surface area contributed by atoms with Crippen LogP contribution in [-0.4, -0.2) is 15.0 Å². The summed E-state index contributed by atoms with van der Waals surface area (Å²) in [5.41, 5.74) is 0.100. The Morgan fingerprint density at radius 2 is 1.94 bits per heavy atom. The Morgan fingerprint density at radius 1 is 1.33 bits per heavy atom. The first-order valence-electron chi connectivity index (χ1n) is 5.56. The summed E-state index contributed by atoms with van der Waals surface area (Å²) < 4.78 is 27.2. The lowest BCUT2D eigenvalue weighted by Crippen LogP contribution is -2.27. The smallest absolute Gasteiger partial charge is 0.211 e. The summed E-state index contributed by atoms with van der Waals surface area (Å²) in [6.45, 7) is 6.63. The van der Waals surface area contributed by atoms with Crippen LogP contribution in [0.5, 0.6) is 0 Å². The second-order valence-corrected chi connectivity index (χ2v) is 8.31. The van der Waals surface area contributed by atoms with E-state index in [1.165, 1.54) is 12.1 Å². The Hall–Kier alpha value is -0.100. The van der Waals surface area contributed by atoms with Gasteiger partial charge in [0.1, 0.15) is 0 Å². The number of sulfonamides is 1. The normalized spacial score (nSPS) is 12.7. The van der Waals surface area contributed by atoms with Crippen LogP contribution in [0.25, 0.3) is 0 Å². The number of rotatable bonds is 4. The Labute approximate surface area is 122 Å². The summed E-state index contributed by atoms with van der Waals surface area (Å²) in [4.78, 5) is 0.215. The Bertz CT molecular complexity index is 523. The minimum absolute atomic E-state index is 0.100. The van der Waals surface area contributed by atoms with Gasteiger partial charge in [0.05, 0.1) is 9.92 Å². The van der Waals surface area contributed by atoms with Crippen LogP contribution in [-0.2, 0) is 10.0 Å². The summed E-state index contributed by atoms with van der Waals surface area (Å²) in [6.07, 6.45) is 0.779. The maximum Gasteiger partial charge on any atom is 0.240 e. The molecule has 0 amide bonds. The first-order chi connectivity index (χ1) is 8.12. The number of hydrogen-bond donors (Lipinski definition) is 1. The minimum atomic E-state index is -3.46. The minimum Gasteiger partial charge on any atom is -0.211 e. The van der Waals surface area contributed by atoms with Gasteiger partial charge in [0, 0.05) is 11.0 Å². The molecule has 0 saturated carbocycles. The molecule has 0 aliphatic rings. The highest BCUT2D eigenvalue weighted by Gasteiger charge is 2.17. The predicted molar refractivity (Wildman–Crippen MR) is 78.4 cm³/mol. The van der Waals surface area contributed by atoms with Crippen LogP contribution in [0, 0.1) is 5.41 Å². The Morgan fingerprint density at radius 3 is 2.44 bits per heavy atom. The van der Waals surface area contributed by atoms with E-state index in [4.69, 9.17) is 11.6 Å². The van der Waals surface area contributed by atoms with E-state index in [0.717, 1.165) is 6.42 Å². The third-order valence-electron chi connectivity index (χ3n) is 2.37. The van der Waals surface area contributed by atoms with E-state index in [0.29, 0.717) is 16.0 Å². The van der Waals surface area contributed by atoms with Crippen molar-refractivity contribution in [2.75, 3.05) is 6.54 Å². The lowest BCUT2D eigenvalue weighted by molar-refractivity contribution is 0.378. The number of hydrogen-bond acceptors (Lipinski definition) is 2. The van der Waals surface area contributed by atoms with Crippen molar-refractivity contribution in [2.24, 2.45) is 5.41 Å². The van der Waals surface area contributed by atoms with E-state index in [1.807, 2.05) is 0 Å². The molecule has 0 spiro atoms. The Kier molecular flexibility index (Phi) is 5.23. The van der Waals surface area contributed by atoms with Gasteiger partial charge in [0.15, 0.2) is 0 Å². The van der Waals surface area contributed by atoms with E-state index < -0.39 is 10.0 Å². The third kappa shape index (κ3) is 4.88. The quantitative estimate of drug-likeness (QED) is 0.893. The fraction of sp³-hybridized carbons (Fsp3) is 0.500. The number of nitrogens with one attached hydrogen (secondary N) is 1. The zero-order valence-corrected chi connectivity index (χ0v) is 13.8. The van der Waals surface area contributed by atoms with Crippen molar-refractivity contribution in [1.29, 1.82) is 0 Å². The van der Waals surface area contributed by atoms with Crippen LogP contribution in [0.1, 0.15) is 27.2 Å². The van der Waals surface area contributed by atoms with E-state index in [2.05, 4.69) is 41.4 Å². The molecule has 102 valence electrons. The molecule has 0 aliphatic carbocycles. The molecule has 0 unspecified atom stereocenters. The Balaban J connectivity index is 2.77. The molecule has 18 heavy (non-hydrogen) atoms. The second kappa shape index (κ2) is 5.90. The molecule has 0 radical (unpaired) electrons. The molecule has 0 aliphatic heterocycles. The average molecular weight is 355 g/mol. The topological polar surface area (TPSA) is 46.2 Å². The van der Waals surface area contributed by atoms with Crippen LogP contribution in [0.3, 0.4) is 0 Å². The lowest BCUT2D eigenvalue weighted by Gasteiger charge is -2.18. The van der Waals surface area contributed by atoms with Crippen LogP contribution < -0.4 is 4.72 Å². The molecule has 0 heterocycles. The predicted octanol–water partition coefficient (Wildman–Crippen LogP) is 3.82. The molecular weight excluding hydrogens is 338 g/mol. The fourth-order valence-corrected chi connectivity index (χ4v) is 2.99. The molecule has 1 N–H and O–H groups in total. The van der Waals surface area contributed by atoms with Crippen molar-refractivity contribution in [3.63, 3.8) is 0 Å². The van der Waals surface area contributed by atoms with E-state index in [9.17, 15) is 8.42 Å². The van der Waals surface area contributed by atoms with Gasteiger partial charge in [-0.15, -0.1) is 0 Å². The molecule has 0 atom stereocenters. The van der Waals surface area contributed by atoms with Gasteiger partial charge in [0.2, 0.25) is 10.0 Å². The van der Waals surface area contributed by atoms with Crippen molar-refractivity contribution < 1.29 is 8.42 Å². The van der Waals surface area contributed by atoms with Crippen LogP contribution in [0.2, 0.25) is 5.02 Å². The van der Waals surface area contributed by atoms with Gasteiger partial charge in [0.25, 0.3) is 0 Å². The van der Waals surface area contributed by atoms with Crippen molar-refractivity contribution in [3.05, 3.63) is 27.7 Å². The molecule has 0 fully saturated rings. The second-order valence-electron chi connectivity index (χ2n) is 5.28. The maximum atomic E-state index is 12.0.